The molecule has 1 aromatic carbocycles. The molecule has 6 heteroatoms. The number of rotatable bonds is 2. The zero-order chi connectivity index (χ0) is 16.7. The number of primary amides is 1. The maximum absolute atomic E-state index is 12.8. The van der Waals surface area contributed by atoms with Crippen LogP contribution >= 0.6 is 11.3 Å². The van der Waals surface area contributed by atoms with Crippen LogP contribution in [0.4, 0.5) is 0 Å². The first-order valence-corrected chi connectivity index (χ1v) is 8.86. The van der Waals surface area contributed by atoms with Crippen molar-refractivity contribution in [2.45, 2.75) is 18.9 Å². The molecule has 0 radical (unpaired) electrons. The highest BCUT2D eigenvalue weighted by Gasteiger charge is 2.30. The van der Waals surface area contributed by atoms with Crippen LogP contribution in [0.25, 0.3) is 10.4 Å². The molecule has 2 aromatic rings. The average Bonchev–Trinajstić information content (AvgIpc) is 3.06. The second kappa shape index (κ2) is 6.03. The Labute approximate surface area is 144 Å². The van der Waals surface area contributed by atoms with Gasteiger partial charge in [-0.05, 0) is 35.6 Å². The molecule has 1 aliphatic heterocycles. The van der Waals surface area contributed by atoms with Gasteiger partial charge in [0.05, 0.1) is 18.0 Å². The fourth-order valence-electron chi connectivity index (χ4n) is 3.34. The van der Waals surface area contributed by atoms with Crippen molar-refractivity contribution in [1.82, 2.24) is 4.90 Å². The first kappa shape index (κ1) is 15.4. The molecule has 1 saturated heterocycles. The molecule has 24 heavy (non-hydrogen) atoms. The lowest BCUT2D eigenvalue weighted by molar-refractivity contribution is -0.133. The Bertz CT molecular complexity index is 814. The van der Waals surface area contributed by atoms with E-state index >= 15 is 0 Å². The molecule has 0 saturated carbocycles. The minimum atomic E-state index is -0.710. The summed E-state index contributed by atoms with van der Waals surface area (Å²) in [6.07, 6.45) is 1.26. The third-order valence-corrected chi connectivity index (χ3v) is 5.82. The van der Waals surface area contributed by atoms with Crippen molar-refractivity contribution in [3.8, 4) is 10.4 Å². The largest absolute Gasteiger partial charge is 0.367 e. The van der Waals surface area contributed by atoms with E-state index in [1.807, 2.05) is 12.1 Å². The van der Waals surface area contributed by atoms with E-state index in [4.69, 9.17) is 10.5 Å². The summed E-state index contributed by atoms with van der Waals surface area (Å²) < 4.78 is 5.32. The first-order chi connectivity index (χ1) is 11.6. The van der Waals surface area contributed by atoms with Crippen molar-refractivity contribution in [3.05, 3.63) is 46.3 Å². The molecule has 0 spiro atoms. The molecule has 2 N–H and O–H groups in total. The molecule has 5 nitrogen and oxygen atoms in total. The van der Waals surface area contributed by atoms with Gasteiger partial charge in [-0.1, -0.05) is 24.3 Å². The van der Waals surface area contributed by atoms with Crippen LogP contribution in [-0.4, -0.2) is 42.5 Å². The van der Waals surface area contributed by atoms with E-state index < -0.39 is 12.0 Å². The fraction of sp³-hybridized carbons (Fsp3) is 0.333. The molecule has 2 aliphatic rings. The lowest BCUT2D eigenvalue weighted by atomic mass is 9.91. The SMILES string of the molecule is NC(=O)[C@@H]1CN(C(=O)c2cc3c(s2)-c2ccccc2CC3)CCO1. The summed E-state index contributed by atoms with van der Waals surface area (Å²) in [6, 6.07) is 10.4. The molecular weight excluding hydrogens is 324 g/mol. The Hall–Kier alpha value is -2.18. The molecule has 1 aromatic heterocycles. The van der Waals surface area contributed by atoms with E-state index in [9.17, 15) is 9.59 Å². The zero-order valence-electron chi connectivity index (χ0n) is 13.2. The predicted octanol–water partition coefficient (Wildman–Crippen LogP) is 1.84. The molecule has 1 atom stereocenters. The number of carbonyl (C=O) groups excluding carboxylic acids is 2. The molecule has 124 valence electrons. The number of fused-ring (bicyclic) bond motifs is 3. The third-order valence-electron chi connectivity index (χ3n) is 4.62. The lowest BCUT2D eigenvalue weighted by Crippen LogP contribution is -2.50. The van der Waals surface area contributed by atoms with Gasteiger partial charge in [-0.15, -0.1) is 11.3 Å². The van der Waals surface area contributed by atoms with Gasteiger partial charge < -0.3 is 15.4 Å². The monoisotopic (exact) mass is 342 g/mol. The predicted molar refractivity (Wildman–Crippen MR) is 92.0 cm³/mol. The van der Waals surface area contributed by atoms with E-state index in [0.29, 0.717) is 13.2 Å². The molecule has 2 amide bonds. The van der Waals surface area contributed by atoms with Crippen LogP contribution in [0.2, 0.25) is 0 Å². The standard InChI is InChI=1S/C18H18N2O3S/c19-17(21)14-10-20(7-8-23-14)18(22)15-9-12-6-5-11-3-1-2-4-13(11)16(12)24-15/h1-4,9,14H,5-8,10H2,(H2,19,21)/t14-/m0/s1. The maximum atomic E-state index is 12.8. The summed E-state index contributed by atoms with van der Waals surface area (Å²) in [4.78, 5) is 27.7. The summed E-state index contributed by atoms with van der Waals surface area (Å²) in [7, 11) is 0. The highest BCUT2D eigenvalue weighted by molar-refractivity contribution is 7.17. The van der Waals surface area contributed by atoms with Crippen molar-refractivity contribution in [1.29, 1.82) is 0 Å². The number of morpholine rings is 1. The molecule has 1 aliphatic carbocycles. The van der Waals surface area contributed by atoms with Crippen LogP contribution in [0.5, 0.6) is 0 Å². The summed E-state index contributed by atoms with van der Waals surface area (Å²) >= 11 is 1.54. The normalized spacial score (nSPS) is 19.5. The minimum Gasteiger partial charge on any atom is -0.367 e. The molecule has 2 heterocycles. The van der Waals surface area contributed by atoms with Gasteiger partial charge in [-0.25, -0.2) is 0 Å². The minimum absolute atomic E-state index is 0.0403. The van der Waals surface area contributed by atoms with Crippen molar-refractivity contribution < 1.29 is 14.3 Å². The number of aryl methyl sites for hydroxylation is 2. The van der Waals surface area contributed by atoms with Crippen LogP contribution < -0.4 is 5.73 Å². The lowest BCUT2D eigenvalue weighted by Gasteiger charge is -2.31. The number of benzene rings is 1. The van der Waals surface area contributed by atoms with Gasteiger partial charge in [0.25, 0.3) is 5.91 Å². The second-order valence-corrected chi connectivity index (χ2v) is 7.19. The Balaban J connectivity index is 1.61. The average molecular weight is 342 g/mol. The van der Waals surface area contributed by atoms with Gasteiger partial charge in [0, 0.05) is 11.4 Å². The smallest absolute Gasteiger partial charge is 0.264 e. The molecule has 4 rings (SSSR count). The van der Waals surface area contributed by atoms with Crippen LogP contribution in [0.15, 0.2) is 30.3 Å². The Kier molecular flexibility index (Phi) is 3.86. The summed E-state index contributed by atoms with van der Waals surface area (Å²) in [5.41, 5.74) is 9.11. The molecule has 1 fully saturated rings. The number of amides is 2. The number of nitrogens with two attached hydrogens (primary N) is 1. The first-order valence-electron chi connectivity index (χ1n) is 8.04. The van der Waals surface area contributed by atoms with Gasteiger partial charge in [-0.3, -0.25) is 9.59 Å². The summed E-state index contributed by atoms with van der Waals surface area (Å²) in [5.74, 6) is -0.562. The number of hydrogen-bond acceptors (Lipinski definition) is 4. The van der Waals surface area contributed by atoms with E-state index in [1.165, 1.54) is 21.6 Å². The number of carbonyl (C=O) groups is 2. The second-order valence-electron chi connectivity index (χ2n) is 6.14. The Morgan fingerprint density at radius 1 is 1.21 bits per heavy atom. The highest BCUT2D eigenvalue weighted by Crippen LogP contribution is 2.39. The van der Waals surface area contributed by atoms with E-state index in [-0.39, 0.29) is 12.5 Å². The third kappa shape index (κ3) is 2.61. The van der Waals surface area contributed by atoms with Crippen LogP contribution in [0.1, 0.15) is 20.8 Å². The van der Waals surface area contributed by atoms with Crippen molar-refractivity contribution >= 4 is 23.2 Å². The maximum Gasteiger partial charge on any atom is 0.264 e. The van der Waals surface area contributed by atoms with E-state index in [2.05, 4.69) is 18.2 Å². The zero-order valence-corrected chi connectivity index (χ0v) is 14.0. The molecule has 0 bridgehead atoms. The van der Waals surface area contributed by atoms with Crippen molar-refractivity contribution in [2.75, 3.05) is 19.7 Å². The summed E-state index contributed by atoms with van der Waals surface area (Å²) in [5, 5.41) is 0. The van der Waals surface area contributed by atoms with Gasteiger partial charge in [-0.2, -0.15) is 0 Å². The molecular formula is C18H18N2O3S. The van der Waals surface area contributed by atoms with Gasteiger partial charge in [0.2, 0.25) is 5.91 Å². The van der Waals surface area contributed by atoms with Gasteiger partial charge >= 0.3 is 0 Å². The van der Waals surface area contributed by atoms with Crippen LogP contribution in [0, 0.1) is 0 Å². The topological polar surface area (TPSA) is 72.6 Å². The fourth-order valence-corrected chi connectivity index (χ4v) is 4.58. The number of hydrogen-bond donors (Lipinski definition) is 1. The number of nitrogens with zero attached hydrogens (tertiary/aromatic N) is 1. The van der Waals surface area contributed by atoms with E-state index in [1.54, 1.807) is 16.2 Å². The van der Waals surface area contributed by atoms with Gasteiger partial charge in [0.1, 0.15) is 0 Å². The van der Waals surface area contributed by atoms with Crippen molar-refractivity contribution in [3.63, 3.8) is 0 Å². The summed E-state index contributed by atoms with van der Waals surface area (Å²) in [6.45, 7) is 1.06. The van der Waals surface area contributed by atoms with Crippen LogP contribution in [-0.2, 0) is 22.4 Å². The Morgan fingerprint density at radius 3 is 2.83 bits per heavy atom. The number of thiophene rings is 1. The van der Waals surface area contributed by atoms with Crippen molar-refractivity contribution in [2.24, 2.45) is 5.73 Å². The Morgan fingerprint density at radius 2 is 2.00 bits per heavy atom. The molecule has 0 unspecified atom stereocenters. The number of ether oxygens (including phenoxy) is 1. The van der Waals surface area contributed by atoms with Gasteiger partial charge in [0.15, 0.2) is 6.10 Å². The quantitative estimate of drug-likeness (QED) is 0.905. The highest BCUT2D eigenvalue weighted by atomic mass is 32.1. The van der Waals surface area contributed by atoms with E-state index in [0.717, 1.165) is 17.7 Å². The van der Waals surface area contributed by atoms with Crippen LogP contribution in [0.3, 0.4) is 0 Å².